The number of nitrogens with two attached hydrogens (primary N) is 1. The van der Waals surface area contributed by atoms with Crippen molar-refractivity contribution < 1.29 is 5.11 Å². The predicted octanol–water partition coefficient (Wildman–Crippen LogP) is 1.11. The fourth-order valence-electron chi connectivity index (χ4n) is 2.50. The first-order valence-corrected chi connectivity index (χ1v) is 6.09. The summed E-state index contributed by atoms with van der Waals surface area (Å²) in [6, 6.07) is 0.136. The lowest BCUT2D eigenvalue weighted by Gasteiger charge is -2.36. The van der Waals surface area contributed by atoms with Gasteiger partial charge >= 0.3 is 0 Å². The molecule has 17 heavy (non-hydrogen) atoms. The van der Waals surface area contributed by atoms with Crippen molar-refractivity contribution >= 4 is 11.8 Å². The number of anilines is 2. The Hall–Kier alpha value is -1.36. The van der Waals surface area contributed by atoms with Crippen LogP contribution >= 0.6 is 0 Å². The van der Waals surface area contributed by atoms with Crippen molar-refractivity contribution in [2.75, 3.05) is 17.7 Å². The normalized spacial score (nSPS) is 24.6. The van der Waals surface area contributed by atoms with Gasteiger partial charge in [0, 0.05) is 18.8 Å². The monoisotopic (exact) mass is 236 g/mol. The number of rotatable bonds is 2. The summed E-state index contributed by atoms with van der Waals surface area (Å²) in [4.78, 5) is 10.3. The van der Waals surface area contributed by atoms with E-state index in [-0.39, 0.29) is 18.1 Å². The SMILES string of the molecule is Cc1cnc(N)nc1N(C)C1CCCCC1O. The van der Waals surface area contributed by atoms with Crippen LogP contribution in [0.5, 0.6) is 0 Å². The molecule has 1 heterocycles. The van der Waals surface area contributed by atoms with Crippen LogP contribution in [-0.2, 0) is 0 Å². The summed E-state index contributed by atoms with van der Waals surface area (Å²) in [5.74, 6) is 1.10. The fraction of sp³-hybridized carbons (Fsp3) is 0.667. The van der Waals surface area contributed by atoms with Crippen LogP contribution in [0.25, 0.3) is 0 Å². The highest BCUT2D eigenvalue weighted by molar-refractivity contribution is 5.48. The molecule has 0 radical (unpaired) electrons. The fourth-order valence-corrected chi connectivity index (χ4v) is 2.50. The van der Waals surface area contributed by atoms with E-state index in [0.717, 1.165) is 37.1 Å². The highest BCUT2D eigenvalue weighted by Crippen LogP contribution is 2.27. The highest BCUT2D eigenvalue weighted by atomic mass is 16.3. The van der Waals surface area contributed by atoms with Gasteiger partial charge in [-0.05, 0) is 19.8 Å². The predicted molar refractivity (Wildman–Crippen MR) is 67.8 cm³/mol. The van der Waals surface area contributed by atoms with Crippen molar-refractivity contribution in [1.82, 2.24) is 9.97 Å². The number of hydrogen-bond acceptors (Lipinski definition) is 5. The van der Waals surface area contributed by atoms with E-state index in [1.54, 1.807) is 6.20 Å². The van der Waals surface area contributed by atoms with E-state index in [9.17, 15) is 5.11 Å². The standard InChI is InChI=1S/C12H20N4O/c1-8-7-14-12(13)15-11(8)16(2)9-5-3-4-6-10(9)17/h7,9-10,17H,3-6H2,1-2H3,(H2,13,14,15). The van der Waals surface area contributed by atoms with Gasteiger partial charge in [0.05, 0.1) is 12.1 Å². The first kappa shape index (κ1) is 12.1. The van der Waals surface area contributed by atoms with Crippen LogP contribution < -0.4 is 10.6 Å². The molecule has 0 saturated heterocycles. The van der Waals surface area contributed by atoms with Crippen LogP contribution in [0, 0.1) is 6.92 Å². The Morgan fingerprint density at radius 2 is 2.12 bits per heavy atom. The number of likely N-dealkylation sites (N-methyl/N-ethyl adjacent to an activating group) is 1. The van der Waals surface area contributed by atoms with E-state index in [2.05, 4.69) is 9.97 Å². The summed E-state index contributed by atoms with van der Waals surface area (Å²) < 4.78 is 0. The number of aromatic nitrogens is 2. The minimum atomic E-state index is -0.274. The molecule has 0 spiro atoms. The summed E-state index contributed by atoms with van der Waals surface area (Å²) in [6.45, 7) is 1.96. The average molecular weight is 236 g/mol. The molecule has 5 nitrogen and oxygen atoms in total. The lowest BCUT2D eigenvalue weighted by molar-refractivity contribution is 0.106. The molecule has 5 heteroatoms. The molecule has 0 aromatic carbocycles. The molecular weight excluding hydrogens is 216 g/mol. The Morgan fingerprint density at radius 3 is 2.82 bits per heavy atom. The maximum Gasteiger partial charge on any atom is 0.221 e. The summed E-state index contributed by atoms with van der Waals surface area (Å²) in [5.41, 5.74) is 6.60. The zero-order valence-electron chi connectivity index (χ0n) is 10.4. The Labute approximate surface area is 102 Å². The van der Waals surface area contributed by atoms with Gasteiger partial charge in [-0.25, -0.2) is 4.98 Å². The maximum atomic E-state index is 10.0. The number of nitrogens with zero attached hydrogens (tertiary/aromatic N) is 3. The third-order valence-corrected chi connectivity index (χ3v) is 3.49. The van der Waals surface area contributed by atoms with Gasteiger partial charge in [-0.1, -0.05) is 12.8 Å². The number of hydrogen-bond donors (Lipinski definition) is 2. The summed E-state index contributed by atoms with van der Waals surface area (Å²) in [5, 5.41) is 10.0. The van der Waals surface area contributed by atoms with Crippen molar-refractivity contribution in [2.24, 2.45) is 0 Å². The molecule has 1 aliphatic rings. The highest BCUT2D eigenvalue weighted by Gasteiger charge is 2.28. The first-order chi connectivity index (χ1) is 8.09. The van der Waals surface area contributed by atoms with E-state index < -0.39 is 0 Å². The molecule has 3 N–H and O–H groups in total. The largest absolute Gasteiger partial charge is 0.391 e. The quantitative estimate of drug-likeness (QED) is 0.804. The first-order valence-electron chi connectivity index (χ1n) is 6.09. The van der Waals surface area contributed by atoms with Gasteiger partial charge in [0.25, 0.3) is 0 Å². The van der Waals surface area contributed by atoms with Gasteiger partial charge in [-0.2, -0.15) is 4.98 Å². The second kappa shape index (κ2) is 4.87. The Morgan fingerprint density at radius 1 is 1.41 bits per heavy atom. The smallest absolute Gasteiger partial charge is 0.221 e. The third kappa shape index (κ3) is 2.49. The zero-order chi connectivity index (χ0) is 12.4. The average Bonchev–Trinajstić information content (AvgIpc) is 2.32. The van der Waals surface area contributed by atoms with Gasteiger partial charge in [-0.3, -0.25) is 0 Å². The number of aliphatic hydroxyl groups excluding tert-OH is 1. The lowest BCUT2D eigenvalue weighted by atomic mass is 9.91. The molecule has 94 valence electrons. The Balaban J connectivity index is 2.23. The minimum Gasteiger partial charge on any atom is -0.391 e. The minimum absolute atomic E-state index is 0.136. The molecule has 0 aliphatic heterocycles. The third-order valence-electron chi connectivity index (χ3n) is 3.49. The van der Waals surface area contributed by atoms with Crippen molar-refractivity contribution in [3.8, 4) is 0 Å². The molecule has 1 saturated carbocycles. The van der Waals surface area contributed by atoms with E-state index in [1.807, 2.05) is 18.9 Å². The van der Waals surface area contributed by atoms with Gasteiger partial charge in [-0.15, -0.1) is 0 Å². The molecule has 1 aromatic rings. The summed E-state index contributed by atoms with van der Waals surface area (Å²) in [7, 11) is 1.97. The van der Waals surface area contributed by atoms with E-state index >= 15 is 0 Å². The topological polar surface area (TPSA) is 75.3 Å². The van der Waals surface area contributed by atoms with Gasteiger partial charge in [0.1, 0.15) is 5.82 Å². The van der Waals surface area contributed by atoms with E-state index in [4.69, 9.17) is 5.73 Å². The van der Waals surface area contributed by atoms with Crippen LogP contribution in [0.15, 0.2) is 6.20 Å². The second-order valence-corrected chi connectivity index (χ2v) is 4.76. The van der Waals surface area contributed by atoms with Crippen molar-refractivity contribution in [3.63, 3.8) is 0 Å². The maximum absolute atomic E-state index is 10.0. The Bertz CT molecular complexity index is 396. The van der Waals surface area contributed by atoms with Gasteiger partial charge in [0.15, 0.2) is 0 Å². The Kier molecular flexibility index (Phi) is 3.47. The molecule has 1 aromatic heterocycles. The molecule has 1 aliphatic carbocycles. The molecule has 0 amide bonds. The summed E-state index contributed by atoms with van der Waals surface area (Å²) in [6.07, 6.45) is 5.59. The van der Waals surface area contributed by atoms with E-state index in [0.29, 0.717) is 0 Å². The lowest BCUT2D eigenvalue weighted by Crippen LogP contribution is -2.44. The van der Waals surface area contributed by atoms with Crippen molar-refractivity contribution in [3.05, 3.63) is 11.8 Å². The number of aryl methyl sites for hydroxylation is 1. The second-order valence-electron chi connectivity index (χ2n) is 4.76. The summed E-state index contributed by atoms with van der Waals surface area (Å²) >= 11 is 0. The number of nitrogen functional groups attached to an aromatic ring is 1. The van der Waals surface area contributed by atoms with Crippen LogP contribution in [0.4, 0.5) is 11.8 Å². The van der Waals surface area contributed by atoms with E-state index in [1.165, 1.54) is 0 Å². The number of aliphatic hydroxyl groups is 1. The molecular formula is C12H20N4O. The van der Waals surface area contributed by atoms with Gasteiger partial charge < -0.3 is 15.7 Å². The van der Waals surface area contributed by atoms with Crippen LogP contribution in [0.1, 0.15) is 31.2 Å². The van der Waals surface area contributed by atoms with Gasteiger partial charge in [0.2, 0.25) is 5.95 Å². The molecule has 2 rings (SSSR count). The molecule has 1 fully saturated rings. The molecule has 2 atom stereocenters. The van der Waals surface area contributed by atoms with Crippen LogP contribution in [0.2, 0.25) is 0 Å². The van der Waals surface area contributed by atoms with Crippen LogP contribution in [-0.4, -0.2) is 34.3 Å². The molecule has 2 unspecified atom stereocenters. The van der Waals surface area contributed by atoms with Crippen molar-refractivity contribution in [1.29, 1.82) is 0 Å². The van der Waals surface area contributed by atoms with Crippen molar-refractivity contribution in [2.45, 2.75) is 44.8 Å². The zero-order valence-corrected chi connectivity index (χ0v) is 10.4. The van der Waals surface area contributed by atoms with Crippen LogP contribution in [0.3, 0.4) is 0 Å². The molecule has 0 bridgehead atoms.